The second kappa shape index (κ2) is 6.49. The van der Waals surface area contributed by atoms with Crippen molar-refractivity contribution in [3.63, 3.8) is 0 Å². The number of nitrogens with one attached hydrogen (secondary N) is 1. The van der Waals surface area contributed by atoms with Gasteiger partial charge in [-0.3, -0.25) is 0 Å². The first-order chi connectivity index (χ1) is 11.8. The third kappa shape index (κ3) is 3.05. The van der Waals surface area contributed by atoms with Crippen molar-refractivity contribution in [3.8, 4) is 17.2 Å². The van der Waals surface area contributed by atoms with Gasteiger partial charge in [-0.2, -0.15) is 0 Å². The highest BCUT2D eigenvalue weighted by Gasteiger charge is 2.15. The van der Waals surface area contributed by atoms with Crippen LogP contribution in [0, 0.1) is 6.92 Å². The third-order valence-corrected chi connectivity index (χ3v) is 4.27. The summed E-state index contributed by atoms with van der Waals surface area (Å²) >= 11 is 0. The average Bonchev–Trinajstić information content (AvgIpc) is 3.25. The Morgan fingerprint density at radius 3 is 2.83 bits per heavy atom. The Morgan fingerprint density at radius 1 is 1.08 bits per heavy atom. The highest BCUT2D eigenvalue weighted by Crippen LogP contribution is 2.29. The van der Waals surface area contributed by atoms with Gasteiger partial charge in [-0.15, -0.1) is 0 Å². The molecule has 0 radical (unpaired) electrons. The van der Waals surface area contributed by atoms with Crippen molar-refractivity contribution in [1.82, 2.24) is 10.3 Å². The SMILES string of the molecule is Cc1ccc(-c2nc(CNCc3cccc4c3OCC4)co2)cc1. The molecular formula is C20H20N2O2. The molecule has 0 bridgehead atoms. The molecule has 4 heteroatoms. The number of hydrogen-bond donors (Lipinski definition) is 1. The van der Waals surface area contributed by atoms with Crippen LogP contribution in [0.25, 0.3) is 11.5 Å². The first-order valence-corrected chi connectivity index (χ1v) is 8.25. The molecule has 0 saturated heterocycles. The van der Waals surface area contributed by atoms with Gasteiger partial charge in [0.1, 0.15) is 12.0 Å². The van der Waals surface area contributed by atoms with Crippen LogP contribution >= 0.6 is 0 Å². The minimum atomic E-state index is 0.663. The summed E-state index contributed by atoms with van der Waals surface area (Å²) in [4.78, 5) is 4.55. The van der Waals surface area contributed by atoms with Gasteiger partial charge in [-0.1, -0.05) is 35.9 Å². The molecule has 2 heterocycles. The van der Waals surface area contributed by atoms with Gasteiger partial charge in [0.05, 0.1) is 12.3 Å². The number of nitrogens with zero attached hydrogens (tertiary/aromatic N) is 1. The van der Waals surface area contributed by atoms with Crippen LogP contribution in [0.1, 0.15) is 22.4 Å². The van der Waals surface area contributed by atoms with E-state index in [-0.39, 0.29) is 0 Å². The number of benzene rings is 2. The second-order valence-electron chi connectivity index (χ2n) is 6.12. The maximum atomic E-state index is 5.73. The van der Waals surface area contributed by atoms with Crippen molar-refractivity contribution in [2.75, 3.05) is 6.61 Å². The lowest BCUT2D eigenvalue weighted by molar-refractivity contribution is 0.352. The van der Waals surface area contributed by atoms with Crippen LogP contribution in [0.4, 0.5) is 0 Å². The van der Waals surface area contributed by atoms with Crippen molar-refractivity contribution in [3.05, 3.63) is 71.1 Å². The molecule has 0 spiro atoms. The van der Waals surface area contributed by atoms with E-state index in [1.807, 2.05) is 12.1 Å². The lowest BCUT2D eigenvalue weighted by Gasteiger charge is -2.08. The number of aromatic nitrogens is 1. The van der Waals surface area contributed by atoms with E-state index < -0.39 is 0 Å². The van der Waals surface area contributed by atoms with Crippen molar-refractivity contribution in [1.29, 1.82) is 0 Å². The minimum absolute atomic E-state index is 0.663. The topological polar surface area (TPSA) is 47.3 Å². The summed E-state index contributed by atoms with van der Waals surface area (Å²) in [6.07, 6.45) is 2.72. The van der Waals surface area contributed by atoms with Crippen LogP contribution in [0.15, 0.2) is 53.1 Å². The normalized spacial score (nSPS) is 12.9. The molecule has 1 aliphatic rings. The largest absolute Gasteiger partial charge is 0.493 e. The quantitative estimate of drug-likeness (QED) is 0.775. The van der Waals surface area contributed by atoms with Crippen molar-refractivity contribution in [2.45, 2.75) is 26.4 Å². The van der Waals surface area contributed by atoms with Crippen LogP contribution in [0.2, 0.25) is 0 Å². The smallest absolute Gasteiger partial charge is 0.226 e. The number of ether oxygens (including phenoxy) is 1. The summed E-state index contributed by atoms with van der Waals surface area (Å²) in [5.41, 5.74) is 5.63. The predicted molar refractivity (Wildman–Crippen MR) is 92.9 cm³/mol. The fourth-order valence-corrected chi connectivity index (χ4v) is 2.96. The van der Waals surface area contributed by atoms with Crippen LogP contribution in [-0.2, 0) is 19.5 Å². The summed E-state index contributed by atoms with van der Waals surface area (Å²) in [7, 11) is 0. The first kappa shape index (κ1) is 15.0. The van der Waals surface area contributed by atoms with Gasteiger partial charge in [-0.25, -0.2) is 4.98 Å². The van der Waals surface area contributed by atoms with Gasteiger partial charge >= 0.3 is 0 Å². The molecule has 1 N–H and O–H groups in total. The van der Waals surface area contributed by atoms with Gasteiger partial charge in [0, 0.05) is 30.6 Å². The van der Waals surface area contributed by atoms with E-state index in [2.05, 4.69) is 47.6 Å². The van der Waals surface area contributed by atoms with E-state index in [1.54, 1.807) is 6.26 Å². The maximum Gasteiger partial charge on any atom is 0.226 e. The molecule has 0 saturated carbocycles. The molecule has 122 valence electrons. The highest BCUT2D eigenvalue weighted by molar-refractivity contribution is 5.53. The molecule has 0 atom stereocenters. The maximum absolute atomic E-state index is 5.73. The Bertz CT molecular complexity index is 837. The Hall–Kier alpha value is -2.59. The Labute approximate surface area is 141 Å². The van der Waals surface area contributed by atoms with Crippen molar-refractivity contribution >= 4 is 0 Å². The zero-order valence-corrected chi connectivity index (χ0v) is 13.7. The van der Waals surface area contributed by atoms with Crippen LogP contribution in [0.3, 0.4) is 0 Å². The Morgan fingerprint density at radius 2 is 1.96 bits per heavy atom. The fourth-order valence-electron chi connectivity index (χ4n) is 2.96. The van der Waals surface area contributed by atoms with E-state index in [0.717, 1.165) is 36.6 Å². The van der Waals surface area contributed by atoms with E-state index in [1.165, 1.54) is 16.7 Å². The summed E-state index contributed by atoms with van der Waals surface area (Å²) in [5, 5.41) is 3.42. The van der Waals surface area contributed by atoms with Gasteiger partial charge in [0.25, 0.3) is 0 Å². The molecule has 0 amide bonds. The zero-order valence-electron chi connectivity index (χ0n) is 13.7. The number of aryl methyl sites for hydroxylation is 1. The average molecular weight is 320 g/mol. The molecule has 2 aromatic carbocycles. The van der Waals surface area contributed by atoms with Gasteiger partial charge in [0.15, 0.2) is 0 Å². The molecule has 4 nitrogen and oxygen atoms in total. The highest BCUT2D eigenvalue weighted by atomic mass is 16.5. The molecule has 4 rings (SSSR count). The minimum Gasteiger partial charge on any atom is -0.493 e. The van der Waals surface area contributed by atoms with E-state index in [4.69, 9.17) is 9.15 Å². The molecule has 24 heavy (non-hydrogen) atoms. The van der Waals surface area contributed by atoms with Gasteiger partial charge in [-0.05, 0) is 24.6 Å². The summed E-state index contributed by atoms with van der Waals surface area (Å²) < 4.78 is 11.3. The van der Waals surface area contributed by atoms with Crippen LogP contribution in [-0.4, -0.2) is 11.6 Å². The number of para-hydroxylation sites is 1. The lowest BCUT2D eigenvalue weighted by atomic mass is 10.1. The summed E-state index contributed by atoms with van der Waals surface area (Å²) in [6.45, 7) is 4.28. The van der Waals surface area contributed by atoms with Crippen molar-refractivity contribution < 1.29 is 9.15 Å². The van der Waals surface area contributed by atoms with E-state index in [0.29, 0.717) is 12.4 Å². The van der Waals surface area contributed by atoms with E-state index >= 15 is 0 Å². The standard InChI is InChI=1S/C20H20N2O2/c1-14-5-7-16(8-6-14)20-22-18(13-24-20)12-21-11-17-4-2-3-15-9-10-23-19(15)17/h2-8,13,21H,9-12H2,1H3. The molecular weight excluding hydrogens is 300 g/mol. The van der Waals surface area contributed by atoms with Gasteiger partial charge < -0.3 is 14.5 Å². The second-order valence-corrected chi connectivity index (χ2v) is 6.12. The summed E-state index contributed by atoms with van der Waals surface area (Å²) in [5.74, 6) is 1.71. The molecule has 1 aliphatic heterocycles. The van der Waals surface area contributed by atoms with Crippen molar-refractivity contribution in [2.24, 2.45) is 0 Å². The molecule has 0 unspecified atom stereocenters. The zero-order chi connectivity index (χ0) is 16.4. The van der Waals surface area contributed by atoms with Gasteiger partial charge in [0.2, 0.25) is 5.89 Å². The Kier molecular flexibility index (Phi) is 4.05. The number of rotatable bonds is 5. The monoisotopic (exact) mass is 320 g/mol. The molecule has 0 aliphatic carbocycles. The lowest BCUT2D eigenvalue weighted by Crippen LogP contribution is -2.13. The molecule has 1 aromatic heterocycles. The fraction of sp³-hybridized carbons (Fsp3) is 0.250. The van der Waals surface area contributed by atoms with E-state index in [9.17, 15) is 0 Å². The summed E-state index contributed by atoms with van der Waals surface area (Å²) in [6, 6.07) is 14.5. The Balaban J connectivity index is 1.39. The van der Waals surface area contributed by atoms with Crippen LogP contribution < -0.4 is 10.1 Å². The predicted octanol–water partition coefficient (Wildman–Crippen LogP) is 3.87. The van der Waals surface area contributed by atoms with Crippen LogP contribution in [0.5, 0.6) is 5.75 Å². The number of fused-ring (bicyclic) bond motifs is 1. The molecule has 3 aromatic rings. The number of oxazole rings is 1. The third-order valence-electron chi connectivity index (χ3n) is 4.27. The number of hydrogen-bond acceptors (Lipinski definition) is 4. The first-order valence-electron chi connectivity index (χ1n) is 8.25. The molecule has 0 fully saturated rings.